The fourth-order valence-electron chi connectivity index (χ4n) is 3.90. The van der Waals surface area contributed by atoms with Crippen LogP contribution >= 0.6 is 0 Å². The number of carbonyl (C=O) groups excluding carboxylic acids is 1. The summed E-state index contributed by atoms with van der Waals surface area (Å²) in [5.74, 6) is 0.483. The number of pyridine rings is 2. The molecule has 0 aromatic carbocycles. The van der Waals surface area contributed by atoms with Crippen LogP contribution in [0.25, 0.3) is 0 Å². The Bertz CT molecular complexity index is 766. The lowest BCUT2D eigenvalue weighted by atomic mass is 10.1. The van der Waals surface area contributed by atoms with Gasteiger partial charge in [-0.25, -0.2) is 0 Å². The average molecular weight is 366 g/mol. The van der Waals surface area contributed by atoms with Crippen LogP contribution in [-0.2, 0) is 22.5 Å². The van der Waals surface area contributed by atoms with Crippen LogP contribution in [0.3, 0.4) is 0 Å². The highest BCUT2D eigenvalue weighted by molar-refractivity contribution is 5.78. The van der Waals surface area contributed by atoms with Crippen LogP contribution in [0, 0.1) is 12.8 Å². The molecule has 4 rings (SSSR count). The molecule has 0 aliphatic carbocycles. The van der Waals surface area contributed by atoms with Gasteiger partial charge in [0, 0.05) is 50.2 Å². The van der Waals surface area contributed by atoms with Crippen molar-refractivity contribution >= 4 is 5.91 Å². The number of nitrogens with zero attached hydrogens (tertiary/aromatic N) is 4. The Morgan fingerprint density at radius 1 is 1.11 bits per heavy atom. The molecule has 6 heteroatoms. The number of aromatic nitrogens is 2. The Morgan fingerprint density at radius 3 is 2.81 bits per heavy atom. The zero-order valence-electron chi connectivity index (χ0n) is 15.8. The van der Waals surface area contributed by atoms with Gasteiger partial charge in [0.1, 0.15) is 0 Å². The van der Waals surface area contributed by atoms with Crippen molar-refractivity contribution in [2.45, 2.75) is 25.9 Å². The third-order valence-electron chi connectivity index (χ3n) is 5.33. The maximum atomic E-state index is 12.9. The van der Waals surface area contributed by atoms with Crippen LogP contribution in [0.2, 0.25) is 0 Å². The quantitative estimate of drug-likeness (QED) is 0.824. The first-order valence-corrected chi connectivity index (χ1v) is 9.58. The monoisotopic (exact) mass is 366 g/mol. The van der Waals surface area contributed by atoms with Gasteiger partial charge in [-0.2, -0.15) is 0 Å². The van der Waals surface area contributed by atoms with Gasteiger partial charge in [0.2, 0.25) is 5.91 Å². The molecule has 142 valence electrons. The Labute approximate surface area is 160 Å². The molecule has 0 spiro atoms. The fraction of sp³-hybridized carbons (Fsp3) is 0.476. The van der Waals surface area contributed by atoms with E-state index in [0.29, 0.717) is 32.1 Å². The largest absolute Gasteiger partial charge is 0.379 e. The van der Waals surface area contributed by atoms with E-state index in [1.807, 2.05) is 29.3 Å². The van der Waals surface area contributed by atoms with Crippen molar-refractivity contribution in [3.05, 3.63) is 59.7 Å². The zero-order chi connectivity index (χ0) is 18.6. The summed E-state index contributed by atoms with van der Waals surface area (Å²) in [6.45, 7) is 6.61. The number of hydrogen-bond donors (Lipinski definition) is 0. The lowest BCUT2D eigenvalue weighted by molar-refractivity contribution is -0.132. The minimum Gasteiger partial charge on any atom is -0.379 e. The van der Waals surface area contributed by atoms with Crippen LogP contribution in [0.5, 0.6) is 0 Å². The van der Waals surface area contributed by atoms with Crippen molar-refractivity contribution in [3.63, 3.8) is 0 Å². The highest BCUT2D eigenvalue weighted by Gasteiger charge is 2.35. The van der Waals surface area contributed by atoms with Crippen molar-refractivity contribution in [2.24, 2.45) is 5.92 Å². The Morgan fingerprint density at radius 2 is 2.04 bits per heavy atom. The summed E-state index contributed by atoms with van der Waals surface area (Å²) in [5, 5.41) is 0. The molecule has 27 heavy (non-hydrogen) atoms. The van der Waals surface area contributed by atoms with Gasteiger partial charge in [-0.15, -0.1) is 0 Å². The van der Waals surface area contributed by atoms with Gasteiger partial charge in [-0.05, 0) is 30.7 Å². The highest BCUT2D eigenvalue weighted by Crippen LogP contribution is 2.22. The van der Waals surface area contributed by atoms with Crippen LogP contribution in [0.1, 0.15) is 17.0 Å². The van der Waals surface area contributed by atoms with E-state index in [1.54, 1.807) is 6.20 Å². The molecule has 2 atom stereocenters. The second-order valence-electron chi connectivity index (χ2n) is 7.61. The molecule has 2 aliphatic rings. The standard InChI is InChI=1S/C21H26N4O2/c1-16-5-6-19(23-9-16)12-24-10-17-11-25(13-20(24)15-27-14-17)21(26)8-18-4-2-3-7-22-18/h2-7,9,17,20H,8,10-15H2,1H3/t17-,20+/m1/s1. The van der Waals surface area contributed by atoms with E-state index in [9.17, 15) is 4.79 Å². The molecule has 1 amide bonds. The van der Waals surface area contributed by atoms with Crippen molar-refractivity contribution < 1.29 is 9.53 Å². The van der Waals surface area contributed by atoms with Crippen LogP contribution in [0.15, 0.2) is 42.7 Å². The van der Waals surface area contributed by atoms with Crippen LogP contribution in [-0.4, -0.2) is 64.6 Å². The summed E-state index contributed by atoms with van der Waals surface area (Å²) in [6, 6.07) is 10.1. The third kappa shape index (κ3) is 4.51. The number of ether oxygens (including phenoxy) is 1. The predicted octanol–water partition coefficient (Wildman–Crippen LogP) is 1.69. The van der Waals surface area contributed by atoms with Gasteiger partial charge >= 0.3 is 0 Å². The number of fused-ring (bicyclic) bond motifs is 3. The average Bonchev–Trinajstić information content (AvgIpc) is 2.94. The molecule has 2 fully saturated rings. The second-order valence-corrected chi connectivity index (χ2v) is 7.61. The van der Waals surface area contributed by atoms with Crippen LogP contribution < -0.4 is 0 Å². The number of aryl methyl sites for hydroxylation is 1. The second kappa shape index (κ2) is 8.15. The number of rotatable bonds is 4. The molecule has 0 unspecified atom stereocenters. The maximum Gasteiger partial charge on any atom is 0.228 e. The normalized spacial score (nSPS) is 23.1. The summed E-state index contributed by atoms with van der Waals surface area (Å²) >= 11 is 0. The van der Waals surface area contributed by atoms with Crippen molar-refractivity contribution in [2.75, 3.05) is 32.8 Å². The number of hydrogen-bond acceptors (Lipinski definition) is 5. The topological polar surface area (TPSA) is 58.6 Å². The van der Waals surface area contributed by atoms with Gasteiger partial charge < -0.3 is 9.64 Å². The molecule has 0 saturated carbocycles. The van der Waals surface area contributed by atoms with E-state index in [-0.39, 0.29) is 11.9 Å². The Balaban J connectivity index is 1.46. The Kier molecular flexibility index (Phi) is 5.45. The number of carbonyl (C=O) groups is 1. The lowest BCUT2D eigenvalue weighted by Crippen LogP contribution is -2.46. The first-order chi connectivity index (χ1) is 13.2. The number of amides is 1. The first kappa shape index (κ1) is 18.1. The van der Waals surface area contributed by atoms with E-state index in [1.165, 1.54) is 5.56 Å². The van der Waals surface area contributed by atoms with E-state index in [2.05, 4.69) is 33.9 Å². The highest BCUT2D eigenvalue weighted by atomic mass is 16.5. The van der Waals surface area contributed by atoms with E-state index >= 15 is 0 Å². The van der Waals surface area contributed by atoms with Gasteiger partial charge in [-0.1, -0.05) is 12.1 Å². The van der Waals surface area contributed by atoms with Crippen molar-refractivity contribution in [1.82, 2.24) is 19.8 Å². The summed E-state index contributed by atoms with van der Waals surface area (Å²) in [5.41, 5.74) is 3.07. The molecule has 0 N–H and O–H groups in total. The minimum absolute atomic E-state index is 0.154. The molecule has 4 heterocycles. The lowest BCUT2D eigenvalue weighted by Gasteiger charge is -2.31. The summed E-state index contributed by atoms with van der Waals surface area (Å²) in [7, 11) is 0. The van der Waals surface area contributed by atoms with E-state index in [4.69, 9.17) is 4.74 Å². The molecular weight excluding hydrogens is 340 g/mol. The summed E-state index contributed by atoms with van der Waals surface area (Å²) in [4.78, 5) is 26.2. The van der Waals surface area contributed by atoms with Gasteiger partial charge in [-0.3, -0.25) is 19.7 Å². The first-order valence-electron chi connectivity index (χ1n) is 9.58. The van der Waals surface area contributed by atoms with E-state index in [0.717, 1.165) is 31.0 Å². The molecule has 0 radical (unpaired) electrons. The van der Waals surface area contributed by atoms with Gasteiger partial charge in [0.05, 0.1) is 31.4 Å². The van der Waals surface area contributed by atoms with Gasteiger partial charge in [0.15, 0.2) is 0 Å². The molecule has 2 bridgehead atoms. The van der Waals surface area contributed by atoms with E-state index < -0.39 is 0 Å². The molecule has 6 nitrogen and oxygen atoms in total. The molecule has 2 aromatic heterocycles. The van der Waals surface area contributed by atoms with Crippen LogP contribution in [0.4, 0.5) is 0 Å². The maximum absolute atomic E-state index is 12.9. The zero-order valence-corrected chi connectivity index (χ0v) is 15.8. The molecular formula is C21H26N4O2. The minimum atomic E-state index is 0.154. The SMILES string of the molecule is Cc1ccc(CN2C[C@H]3COC[C@@H]2CN(C(=O)Cc2ccccn2)C3)nc1. The molecule has 2 aliphatic heterocycles. The smallest absolute Gasteiger partial charge is 0.228 e. The Hall–Kier alpha value is -2.31. The van der Waals surface area contributed by atoms with Crippen molar-refractivity contribution in [1.29, 1.82) is 0 Å². The summed E-state index contributed by atoms with van der Waals surface area (Å²) < 4.78 is 5.88. The molecule has 2 saturated heterocycles. The van der Waals surface area contributed by atoms with Gasteiger partial charge in [0.25, 0.3) is 0 Å². The summed E-state index contributed by atoms with van der Waals surface area (Å²) in [6.07, 6.45) is 4.02. The molecule has 2 aromatic rings. The van der Waals surface area contributed by atoms with Crippen molar-refractivity contribution in [3.8, 4) is 0 Å². The third-order valence-corrected chi connectivity index (χ3v) is 5.33. The fourth-order valence-corrected chi connectivity index (χ4v) is 3.90. The predicted molar refractivity (Wildman–Crippen MR) is 102 cm³/mol.